The molecule has 3 rings (SSSR count). The lowest BCUT2D eigenvalue weighted by Gasteiger charge is -2.08. The first-order chi connectivity index (χ1) is 10.6. The molecule has 1 N–H and O–H groups in total. The smallest absolute Gasteiger partial charge is 0.336 e. The van der Waals surface area contributed by atoms with Gasteiger partial charge < -0.3 is 9.73 Å². The molecule has 0 saturated heterocycles. The van der Waals surface area contributed by atoms with E-state index < -0.39 is 5.63 Å². The van der Waals surface area contributed by atoms with Crippen molar-refractivity contribution < 1.29 is 9.21 Å². The Hall–Kier alpha value is -2.95. The molecule has 0 atom stereocenters. The van der Waals surface area contributed by atoms with Crippen LogP contribution < -0.4 is 10.9 Å². The van der Waals surface area contributed by atoms with Gasteiger partial charge in [-0.2, -0.15) is 0 Å². The summed E-state index contributed by atoms with van der Waals surface area (Å²) in [6.45, 7) is 2.22. The van der Waals surface area contributed by atoms with Crippen molar-refractivity contribution in [3.63, 3.8) is 0 Å². The van der Waals surface area contributed by atoms with Gasteiger partial charge in [-0.1, -0.05) is 11.6 Å². The van der Waals surface area contributed by atoms with Crippen LogP contribution in [0.1, 0.15) is 21.5 Å². The maximum atomic E-state index is 12.1. The molecule has 2 aromatic heterocycles. The second kappa shape index (κ2) is 5.81. The van der Waals surface area contributed by atoms with Crippen molar-refractivity contribution in [2.75, 3.05) is 0 Å². The number of nitrogens with zero attached hydrogens (tertiary/aromatic N) is 1. The Morgan fingerprint density at radius 3 is 2.73 bits per heavy atom. The van der Waals surface area contributed by atoms with E-state index in [4.69, 9.17) is 4.42 Å². The Bertz CT molecular complexity index is 885. The lowest BCUT2D eigenvalue weighted by atomic mass is 10.1. The van der Waals surface area contributed by atoms with Gasteiger partial charge in [0.1, 0.15) is 5.58 Å². The third kappa shape index (κ3) is 2.88. The van der Waals surface area contributed by atoms with Crippen LogP contribution in [0.25, 0.3) is 11.0 Å². The van der Waals surface area contributed by atoms with Crippen LogP contribution in [0.4, 0.5) is 0 Å². The average Bonchev–Trinajstić information content (AvgIpc) is 2.53. The first kappa shape index (κ1) is 14.0. The fourth-order valence-corrected chi connectivity index (χ4v) is 2.27. The van der Waals surface area contributed by atoms with E-state index in [1.165, 1.54) is 6.07 Å². The molecule has 0 unspecified atom stereocenters. The number of hydrogen-bond donors (Lipinski definition) is 1. The van der Waals surface area contributed by atoms with Crippen LogP contribution in [0.2, 0.25) is 0 Å². The number of rotatable bonds is 3. The van der Waals surface area contributed by atoms with Crippen molar-refractivity contribution in [1.29, 1.82) is 0 Å². The highest BCUT2D eigenvalue weighted by molar-refractivity contribution is 5.94. The Morgan fingerprint density at radius 2 is 1.95 bits per heavy atom. The van der Waals surface area contributed by atoms with Crippen molar-refractivity contribution in [2.45, 2.75) is 13.5 Å². The van der Waals surface area contributed by atoms with Crippen LogP contribution in [0, 0.1) is 6.92 Å². The quantitative estimate of drug-likeness (QED) is 0.753. The first-order valence-electron chi connectivity index (χ1n) is 6.85. The highest BCUT2D eigenvalue weighted by atomic mass is 16.4. The largest absolute Gasteiger partial charge is 0.423 e. The van der Waals surface area contributed by atoms with Gasteiger partial charge in [0.25, 0.3) is 5.91 Å². The Balaban J connectivity index is 1.89. The van der Waals surface area contributed by atoms with Crippen molar-refractivity contribution in [3.05, 3.63) is 75.9 Å². The van der Waals surface area contributed by atoms with Crippen LogP contribution in [-0.2, 0) is 6.54 Å². The van der Waals surface area contributed by atoms with Crippen LogP contribution in [0.15, 0.2) is 58.0 Å². The highest BCUT2D eigenvalue weighted by Crippen LogP contribution is 2.18. The standard InChI is InChI=1S/C17H14N2O3/c1-11-2-3-15-14(8-11)13(9-16(20)22-15)10-19-17(21)12-4-6-18-7-5-12/h2-9H,10H2,1H3,(H,19,21). The molecule has 0 spiro atoms. The average molecular weight is 294 g/mol. The molecular formula is C17H14N2O3. The topological polar surface area (TPSA) is 72.2 Å². The number of carbonyl (C=O) groups excluding carboxylic acids is 1. The SMILES string of the molecule is Cc1ccc2oc(=O)cc(CNC(=O)c3ccncc3)c2c1. The molecule has 0 aliphatic rings. The monoisotopic (exact) mass is 294 g/mol. The number of nitrogens with one attached hydrogen (secondary N) is 1. The molecule has 3 aromatic rings. The fraction of sp³-hybridized carbons (Fsp3) is 0.118. The zero-order valence-electron chi connectivity index (χ0n) is 12.0. The zero-order valence-corrected chi connectivity index (χ0v) is 12.0. The molecule has 1 aromatic carbocycles. The minimum absolute atomic E-state index is 0.212. The zero-order chi connectivity index (χ0) is 15.5. The molecule has 0 bridgehead atoms. The third-order valence-electron chi connectivity index (χ3n) is 3.37. The van der Waals surface area contributed by atoms with Crippen LogP contribution in [0.5, 0.6) is 0 Å². The summed E-state index contributed by atoms with van der Waals surface area (Å²) in [4.78, 5) is 27.6. The van der Waals surface area contributed by atoms with Gasteiger partial charge in [0.2, 0.25) is 0 Å². The van der Waals surface area contributed by atoms with E-state index in [1.54, 1.807) is 30.6 Å². The number of amides is 1. The maximum absolute atomic E-state index is 12.1. The summed E-state index contributed by atoms with van der Waals surface area (Å²) < 4.78 is 5.17. The first-order valence-corrected chi connectivity index (χ1v) is 6.85. The van der Waals surface area contributed by atoms with Gasteiger partial charge in [0.15, 0.2) is 0 Å². The van der Waals surface area contributed by atoms with E-state index in [0.717, 1.165) is 16.5 Å². The van der Waals surface area contributed by atoms with Gasteiger partial charge >= 0.3 is 5.63 Å². The number of aromatic nitrogens is 1. The lowest BCUT2D eigenvalue weighted by Crippen LogP contribution is -2.23. The molecule has 0 aliphatic heterocycles. The van der Waals surface area contributed by atoms with E-state index in [9.17, 15) is 9.59 Å². The molecule has 5 nitrogen and oxygen atoms in total. The van der Waals surface area contributed by atoms with Gasteiger partial charge in [-0.15, -0.1) is 0 Å². The number of benzene rings is 1. The second-order valence-corrected chi connectivity index (χ2v) is 5.01. The number of pyridine rings is 1. The van der Waals surface area contributed by atoms with Crippen LogP contribution >= 0.6 is 0 Å². The molecular weight excluding hydrogens is 280 g/mol. The molecule has 0 aliphatic carbocycles. The van der Waals surface area contributed by atoms with E-state index >= 15 is 0 Å². The van der Waals surface area contributed by atoms with Crippen LogP contribution in [0.3, 0.4) is 0 Å². The van der Waals surface area contributed by atoms with Crippen molar-refractivity contribution >= 4 is 16.9 Å². The van der Waals surface area contributed by atoms with Crippen molar-refractivity contribution in [3.8, 4) is 0 Å². The van der Waals surface area contributed by atoms with E-state index in [-0.39, 0.29) is 12.5 Å². The summed E-state index contributed by atoms with van der Waals surface area (Å²) in [6.07, 6.45) is 3.12. The Morgan fingerprint density at radius 1 is 1.18 bits per heavy atom. The van der Waals surface area contributed by atoms with Gasteiger partial charge in [0.05, 0.1) is 0 Å². The van der Waals surface area contributed by atoms with Gasteiger partial charge in [-0.05, 0) is 36.8 Å². The predicted molar refractivity (Wildman–Crippen MR) is 82.6 cm³/mol. The van der Waals surface area contributed by atoms with Crippen LogP contribution in [-0.4, -0.2) is 10.9 Å². The third-order valence-corrected chi connectivity index (χ3v) is 3.37. The minimum Gasteiger partial charge on any atom is -0.423 e. The second-order valence-electron chi connectivity index (χ2n) is 5.01. The van der Waals surface area contributed by atoms with Gasteiger partial charge in [-0.25, -0.2) is 4.79 Å². The van der Waals surface area contributed by atoms with E-state index in [1.807, 2.05) is 19.1 Å². The fourth-order valence-electron chi connectivity index (χ4n) is 2.27. The molecule has 0 saturated carbocycles. The Kier molecular flexibility index (Phi) is 3.70. The minimum atomic E-state index is -0.426. The van der Waals surface area contributed by atoms with Gasteiger partial charge in [-0.3, -0.25) is 9.78 Å². The number of fused-ring (bicyclic) bond motifs is 1. The summed E-state index contributed by atoms with van der Waals surface area (Å²) in [5, 5.41) is 3.64. The number of hydrogen-bond acceptors (Lipinski definition) is 4. The summed E-state index contributed by atoms with van der Waals surface area (Å²) in [5.74, 6) is -0.212. The van der Waals surface area contributed by atoms with Gasteiger partial charge in [0, 0.05) is 36.0 Å². The normalized spacial score (nSPS) is 10.6. The molecule has 22 heavy (non-hydrogen) atoms. The predicted octanol–water partition coefficient (Wildman–Crippen LogP) is 2.43. The summed E-state index contributed by atoms with van der Waals surface area (Å²) in [6, 6.07) is 10.3. The molecule has 110 valence electrons. The molecule has 5 heteroatoms. The Labute approximate surface area is 126 Å². The number of carbonyl (C=O) groups is 1. The maximum Gasteiger partial charge on any atom is 0.336 e. The van der Waals surface area contributed by atoms with Crippen molar-refractivity contribution in [1.82, 2.24) is 10.3 Å². The van der Waals surface area contributed by atoms with Crippen molar-refractivity contribution in [2.24, 2.45) is 0 Å². The molecule has 1 amide bonds. The number of aryl methyl sites for hydroxylation is 1. The summed E-state index contributed by atoms with van der Waals surface area (Å²) >= 11 is 0. The lowest BCUT2D eigenvalue weighted by molar-refractivity contribution is 0.0951. The van der Waals surface area contributed by atoms with E-state index in [2.05, 4.69) is 10.3 Å². The van der Waals surface area contributed by atoms with E-state index in [0.29, 0.717) is 11.1 Å². The molecule has 0 fully saturated rings. The summed E-state index contributed by atoms with van der Waals surface area (Å²) in [5.41, 5.74) is 2.41. The highest BCUT2D eigenvalue weighted by Gasteiger charge is 2.09. The summed E-state index contributed by atoms with van der Waals surface area (Å²) in [7, 11) is 0. The molecule has 2 heterocycles. The molecule has 0 radical (unpaired) electrons.